The van der Waals surface area contributed by atoms with Crippen LogP contribution < -0.4 is 10.6 Å². The maximum absolute atomic E-state index is 12.2. The zero-order valence-electron chi connectivity index (χ0n) is 12.9. The SMILES string of the molecule is CN=C(NCCN(C)CC(F)(F)F)NCC1(C)CCCO1. The summed E-state index contributed by atoms with van der Waals surface area (Å²) in [6.07, 6.45) is -2.12. The molecule has 0 aliphatic carbocycles. The van der Waals surface area contributed by atoms with Crippen LogP contribution in [-0.4, -0.2) is 69.5 Å². The van der Waals surface area contributed by atoms with E-state index in [4.69, 9.17) is 4.74 Å². The summed E-state index contributed by atoms with van der Waals surface area (Å²) in [5.41, 5.74) is -0.190. The van der Waals surface area contributed by atoms with E-state index in [1.807, 2.05) is 6.92 Å². The van der Waals surface area contributed by atoms with Crippen molar-refractivity contribution in [1.29, 1.82) is 0 Å². The molecule has 1 aliphatic rings. The van der Waals surface area contributed by atoms with Gasteiger partial charge in [-0.25, -0.2) is 0 Å². The minimum absolute atomic E-state index is 0.190. The molecular formula is C13H25F3N4O. The van der Waals surface area contributed by atoms with E-state index in [2.05, 4.69) is 15.6 Å². The van der Waals surface area contributed by atoms with E-state index in [0.717, 1.165) is 19.4 Å². The Bertz CT molecular complexity index is 341. The molecule has 1 fully saturated rings. The van der Waals surface area contributed by atoms with Gasteiger partial charge in [-0.15, -0.1) is 0 Å². The van der Waals surface area contributed by atoms with Crippen LogP contribution in [0.3, 0.4) is 0 Å². The minimum atomic E-state index is -4.16. The van der Waals surface area contributed by atoms with E-state index in [1.54, 1.807) is 7.05 Å². The molecule has 0 saturated carbocycles. The molecule has 8 heteroatoms. The van der Waals surface area contributed by atoms with Crippen molar-refractivity contribution in [2.75, 3.05) is 46.9 Å². The lowest BCUT2D eigenvalue weighted by molar-refractivity contribution is -0.142. The lowest BCUT2D eigenvalue weighted by Gasteiger charge is -2.25. The lowest BCUT2D eigenvalue weighted by Crippen LogP contribution is -2.47. The molecule has 0 aromatic heterocycles. The molecule has 124 valence electrons. The molecule has 1 unspecified atom stereocenters. The lowest BCUT2D eigenvalue weighted by atomic mass is 10.0. The molecule has 2 N–H and O–H groups in total. The van der Waals surface area contributed by atoms with Gasteiger partial charge in [0.05, 0.1) is 12.1 Å². The van der Waals surface area contributed by atoms with E-state index >= 15 is 0 Å². The molecule has 1 atom stereocenters. The summed E-state index contributed by atoms with van der Waals surface area (Å²) >= 11 is 0. The van der Waals surface area contributed by atoms with Crippen LogP contribution in [0.5, 0.6) is 0 Å². The number of guanidine groups is 1. The largest absolute Gasteiger partial charge is 0.401 e. The molecule has 0 bridgehead atoms. The maximum Gasteiger partial charge on any atom is 0.401 e. The van der Waals surface area contributed by atoms with Crippen LogP contribution in [0.1, 0.15) is 19.8 Å². The highest BCUT2D eigenvalue weighted by molar-refractivity contribution is 5.79. The Morgan fingerprint density at radius 1 is 1.38 bits per heavy atom. The smallest absolute Gasteiger partial charge is 0.373 e. The molecule has 1 heterocycles. The number of nitrogens with one attached hydrogen (secondary N) is 2. The van der Waals surface area contributed by atoms with Crippen LogP contribution in [-0.2, 0) is 4.74 Å². The van der Waals surface area contributed by atoms with Gasteiger partial charge in [-0.05, 0) is 26.8 Å². The van der Waals surface area contributed by atoms with Crippen LogP contribution in [0.15, 0.2) is 4.99 Å². The minimum Gasteiger partial charge on any atom is -0.373 e. The Kier molecular flexibility index (Phi) is 6.73. The van der Waals surface area contributed by atoms with Gasteiger partial charge in [-0.2, -0.15) is 13.2 Å². The van der Waals surface area contributed by atoms with Crippen molar-refractivity contribution in [3.8, 4) is 0 Å². The fraction of sp³-hybridized carbons (Fsp3) is 0.923. The molecule has 21 heavy (non-hydrogen) atoms. The van der Waals surface area contributed by atoms with Gasteiger partial charge in [0.2, 0.25) is 0 Å². The predicted octanol–water partition coefficient (Wildman–Crippen LogP) is 1.21. The number of rotatable bonds is 6. The summed E-state index contributed by atoms with van der Waals surface area (Å²) in [6.45, 7) is 3.21. The standard InChI is InChI=1S/C13H25F3N4O/c1-12(5-4-8-21-12)9-19-11(17-2)18-6-7-20(3)10-13(14,15)16/h4-10H2,1-3H3,(H2,17,18,19). The second kappa shape index (κ2) is 7.84. The number of alkyl halides is 3. The van der Waals surface area contributed by atoms with Crippen molar-refractivity contribution in [3.63, 3.8) is 0 Å². The van der Waals surface area contributed by atoms with E-state index in [0.29, 0.717) is 19.0 Å². The highest BCUT2D eigenvalue weighted by atomic mass is 19.4. The summed E-state index contributed by atoms with van der Waals surface area (Å²) in [5, 5.41) is 6.15. The van der Waals surface area contributed by atoms with Crippen molar-refractivity contribution < 1.29 is 17.9 Å². The summed E-state index contributed by atoms with van der Waals surface area (Å²) in [4.78, 5) is 5.27. The molecule has 0 spiro atoms. The quantitative estimate of drug-likeness (QED) is 0.572. The van der Waals surface area contributed by atoms with Crippen molar-refractivity contribution in [2.45, 2.75) is 31.5 Å². The van der Waals surface area contributed by atoms with Crippen molar-refractivity contribution in [3.05, 3.63) is 0 Å². The molecule has 1 saturated heterocycles. The zero-order chi connectivity index (χ0) is 15.9. The average molecular weight is 310 g/mol. The van der Waals surface area contributed by atoms with E-state index in [9.17, 15) is 13.2 Å². The van der Waals surface area contributed by atoms with Crippen LogP contribution >= 0.6 is 0 Å². The Morgan fingerprint density at radius 3 is 2.62 bits per heavy atom. The highest BCUT2D eigenvalue weighted by Gasteiger charge is 2.30. The third kappa shape index (κ3) is 7.52. The summed E-state index contributed by atoms with van der Waals surface area (Å²) in [7, 11) is 3.07. The zero-order valence-corrected chi connectivity index (χ0v) is 12.9. The average Bonchev–Trinajstić information content (AvgIpc) is 2.78. The Hall–Kier alpha value is -1.02. The van der Waals surface area contributed by atoms with Gasteiger partial charge in [-0.1, -0.05) is 0 Å². The van der Waals surface area contributed by atoms with Gasteiger partial charge in [-0.3, -0.25) is 9.89 Å². The first-order valence-electron chi connectivity index (χ1n) is 7.08. The van der Waals surface area contributed by atoms with Crippen molar-refractivity contribution >= 4 is 5.96 Å². The van der Waals surface area contributed by atoms with Crippen molar-refractivity contribution in [1.82, 2.24) is 15.5 Å². The summed E-state index contributed by atoms with van der Waals surface area (Å²) in [5.74, 6) is 0.576. The number of hydrogen-bond donors (Lipinski definition) is 2. The number of likely N-dealkylation sites (N-methyl/N-ethyl adjacent to an activating group) is 1. The molecule has 0 aromatic rings. The van der Waals surface area contributed by atoms with Crippen molar-refractivity contribution in [2.24, 2.45) is 4.99 Å². The fourth-order valence-corrected chi connectivity index (χ4v) is 2.22. The van der Waals surface area contributed by atoms with Gasteiger partial charge < -0.3 is 15.4 Å². The first-order valence-corrected chi connectivity index (χ1v) is 7.08. The van der Waals surface area contributed by atoms with Gasteiger partial charge in [0, 0.05) is 33.3 Å². The third-order valence-corrected chi connectivity index (χ3v) is 3.39. The molecule has 0 amide bonds. The molecular weight excluding hydrogens is 285 g/mol. The molecule has 0 radical (unpaired) electrons. The van der Waals surface area contributed by atoms with Gasteiger partial charge in [0.25, 0.3) is 0 Å². The normalized spacial score (nSPS) is 23.7. The third-order valence-electron chi connectivity index (χ3n) is 3.39. The van der Waals surface area contributed by atoms with Gasteiger partial charge in [0.15, 0.2) is 5.96 Å². The molecule has 1 rings (SSSR count). The number of ether oxygens (including phenoxy) is 1. The monoisotopic (exact) mass is 310 g/mol. The fourth-order valence-electron chi connectivity index (χ4n) is 2.22. The van der Waals surface area contributed by atoms with Crippen LogP contribution in [0, 0.1) is 0 Å². The molecule has 1 aliphatic heterocycles. The predicted molar refractivity (Wildman–Crippen MR) is 76.5 cm³/mol. The second-order valence-electron chi connectivity index (χ2n) is 5.61. The van der Waals surface area contributed by atoms with E-state index in [-0.39, 0.29) is 12.1 Å². The topological polar surface area (TPSA) is 48.9 Å². The molecule has 5 nitrogen and oxygen atoms in total. The number of aliphatic imine (C=N–C) groups is 1. The summed E-state index contributed by atoms with van der Waals surface area (Å²) < 4.78 is 42.2. The Morgan fingerprint density at radius 2 is 2.10 bits per heavy atom. The maximum atomic E-state index is 12.2. The van der Waals surface area contributed by atoms with E-state index < -0.39 is 12.7 Å². The Labute approximate surface area is 123 Å². The van der Waals surface area contributed by atoms with E-state index in [1.165, 1.54) is 11.9 Å². The van der Waals surface area contributed by atoms with Crippen LogP contribution in [0.2, 0.25) is 0 Å². The first kappa shape index (κ1) is 18.0. The Balaban J connectivity index is 2.22. The first-order chi connectivity index (χ1) is 9.74. The van der Waals surface area contributed by atoms with Gasteiger partial charge >= 0.3 is 6.18 Å². The number of halogens is 3. The summed E-state index contributed by atoms with van der Waals surface area (Å²) in [6, 6.07) is 0. The van der Waals surface area contributed by atoms with Crippen LogP contribution in [0.4, 0.5) is 13.2 Å². The van der Waals surface area contributed by atoms with Gasteiger partial charge in [0.1, 0.15) is 0 Å². The number of hydrogen-bond acceptors (Lipinski definition) is 3. The number of nitrogens with zero attached hydrogens (tertiary/aromatic N) is 2. The molecule has 0 aromatic carbocycles. The second-order valence-corrected chi connectivity index (χ2v) is 5.61. The van der Waals surface area contributed by atoms with Crippen LogP contribution in [0.25, 0.3) is 0 Å². The highest BCUT2D eigenvalue weighted by Crippen LogP contribution is 2.23.